The summed E-state index contributed by atoms with van der Waals surface area (Å²) in [5.74, 6) is 0.243. The van der Waals surface area contributed by atoms with Crippen molar-refractivity contribution in [2.75, 3.05) is 6.54 Å². The van der Waals surface area contributed by atoms with E-state index in [9.17, 15) is 0 Å². The Bertz CT molecular complexity index is 1680. The van der Waals surface area contributed by atoms with Crippen molar-refractivity contribution >= 4 is 33.4 Å². The maximum Gasteiger partial charge on any atom is 0.178 e. The van der Waals surface area contributed by atoms with Gasteiger partial charge in [-0.15, -0.1) is 11.3 Å². The number of hydrogen-bond donors (Lipinski definition) is 3. The number of aryl methyl sites for hydroxylation is 1. The number of nitrogens with one attached hydrogen (secondary N) is 3. The summed E-state index contributed by atoms with van der Waals surface area (Å²) < 4.78 is 15.1. The van der Waals surface area contributed by atoms with Crippen molar-refractivity contribution in [3.8, 4) is 33.1 Å². The molecule has 5 heterocycles. The van der Waals surface area contributed by atoms with Gasteiger partial charge in [-0.2, -0.15) is 5.10 Å². The normalized spacial score (nSPS) is 11.6. The highest BCUT2D eigenvalue weighted by Crippen LogP contribution is 2.35. The molecule has 35 heavy (non-hydrogen) atoms. The summed E-state index contributed by atoms with van der Waals surface area (Å²) in [5, 5.41) is 11.5. The van der Waals surface area contributed by atoms with E-state index in [1.54, 1.807) is 29.9 Å². The lowest BCUT2D eigenvalue weighted by molar-refractivity contribution is 0.632. The quantitative estimate of drug-likeness (QED) is 0.276. The molecule has 0 unspecified atom stereocenters. The maximum atomic E-state index is 15.1. The van der Waals surface area contributed by atoms with Gasteiger partial charge in [-0.1, -0.05) is 6.92 Å². The molecule has 174 valence electrons. The number of fused-ring (bicyclic) bond motifs is 2. The van der Waals surface area contributed by atoms with Crippen LogP contribution in [0.5, 0.6) is 0 Å². The van der Waals surface area contributed by atoms with Crippen molar-refractivity contribution in [1.82, 2.24) is 35.5 Å². The van der Waals surface area contributed by atoms with Crippen molar-refractivity contribution in [3.05, 3.63) is 71.2 Å². The minimum absolute atomic E-state index is 0.336. The number of hydrogen-bond acceptors (Lipinski definition) is 6. The molecule has 0 spiro atoms. The molecular weight excluding hydrogens is 461 g/mol. The van der Waals surface area contributed by atoms with Crippen LogP contribution < -0.4 is 5.32 Å². The van der Waals surface area contributed by atoms with E-state index in [4.69, 9.17) is 4.98 Å². The van der Waals surface area contributed by atoms with E-state index < -0.39 is 0 Å². The summed E-state index contributed by atoms with van der Waals surface area (Å²) in [7, 11) is 0. The summed E-state index contributed by atoms with van der Waals surface area (Å²) in [6.07, 6.45) is 5.24. The molecule has 7 nitrogen and oxygen atoms in total. The lowest BCUT2D eigenvalue weighted by Gasteiger charge is -2.07. The molecule has 0 aliphatic rings. The summed E-state index contributed by atoms with van der Waals surface area (Å²) >= 11 is 1.72. The fraction of sp³-hybridized carbons (Fsp3) is 0.154. The van der Waals surface area contributed by atoms with Gasteiger partial charge in [0.15, 0.2) is 11.5 Å². The zero-order valence-electron chi connectivity index (χ0n) is 19.2. The van der Waals surface area contributed by atoms with Crippen molar-refractivity contribution in [1.29, 1.82) is 0 Å². The van der Waals surface area contributed by atoms with Gasteiger partial charge < -0.3 is 10.3 Å². The third kappa shape index (κ3) is 3.88. The van der Waals surface area contributed by atoms with Gasteiger partial charge in [0.05, 0.1) is 11.0 Å². The van der Waals surface area contributed by atoms with Crippen molar-refractivity contribution in [2.45, 2.75) is 20.4 Å². The monoisotopic (exact) mass is 483 g/mol. The molecule has 0 radical (unpaired) electrons. The van der Waals surface area contributed by atoms with E-state index in [2.05, 4.69) is 49.5 Å². The molecule has 6 rings (SSSR count). The number of H-pyrrole nitrogens is 2. The molecule has 0 aliphatic carbocycles. The van der Waals surface area contributed by atoms with E-state index in [0.29, 0.717) is 40.4 Å². The van der Waals surface area contributed by atoms with Gasteiger partial charge in [0, 0.05) is 63.0 Å². The number of rotatable bonds is 6. The van der Waals surface area contributed by atoms with E-state index in [1.807, 2.05) is 25.1 Å². The molecule has 0 saturated heterocycles. The second-order valence-corrected chi connectivity index (χ2v) is 9.65. The van der Waals surface area contributed by atoms with Crippen LogP contribution in [-0.2, 0) is 6.54 Å². The standard InChI is InChI=1S/C26H22FN7S/c1-3-28-11-15-8-16(13-29-12-15)18-9-19-21(10-20(18)27)33-34-24(19)26-31-23-17(6-7-30-25(23)32-26)22-5-4-14(2)35-22/h4-10,12-13,28H,3,11H2,1-2H3,(H,33,34)(H,30,31,32). The van der Waals surface area contributed by atoms with Crippen molar-refractivity contribution in [3.63, 3.8) is 0 Å². The molecule has 5 aromatic heterocycles. The van der Waals surface area contributed by atoms with Gasteiger partial charge in [0.25, 0.3) is 0 Å². The van der Waals surface area contributed by atoms with Crippen LogP contribution in [0.15, 0.2) is 55.0 Å². The number of aromatic amines is 2. The van der Waals surface area contributed by atoms with Crippen LogP contribution in [0.3, 0.4) is 0 Å². The predicted molar refractivity (Wildman–Crippen MR) is 138 cm³/mol. The first kappa shape index (κ1) is 21.6. The molecular formula is C26H22FN7S. The summed E-state index contributed by atoms with van der Waals surface area (Å²) in [6, 6.07) is 11.4. The third-order valence-corrected chi connectivity index (χ3v) is 6.99. The second kappa shape index (κ2) is 8.68. The Morgan fingerprint density at radius 1 is 1.09 bits per heavy atom. The number of nitrogens with zero attached hydrogens (tertiary/aromatic N) is 4. The van der Waals surface area contributed by atoms with Crippen LogP contribution >= 0.6 is 11.3 Å². The number of imidazole rings is 1. The predicted octanol–water partition coefficient (Wildman–Crippen LogP) is 5.85. The summed E-state index contributed by atoms with van der Waals surface area (Å²) in [6.45, 7) is 5.66. The van der Waals surface area contributed by atoms with Crippen LogP contribution in [0.2, 0.25) is 0 Å². The van der Waals surface area contributed by atoms with E-state index >= 15 is 4.39 Å². The third-order valence-electron chi connectivity index (χ3n) is 5.96. The van der Waals surface area contributed by atoms with Crippen molar-refractivity contribution in [2.24, 2.45) is 0 Å². The zero-order valence-corrected chi connectivity index (χ0v) is 20.0. The Kier molecular flexibility index (Phi) is 5.35. The molecule has 0 fully saturated rings. The molecule has 0 bridgehead atoms. The second-order valence-electron chi connectivity index (χ2n) is 8.36. The molecule has 3 N–H and O–H groups in total. The Morgan fingerprint density at radius 3 is 2.83 bits per heavy atom. The molecule has 0 saturated carbocycles. The van der Waals surface area contributed by atoms with Crippen LogP contribution in [0.25, 0.3) is 55.2 Å². The Labute approximate surface area is 204 Å². The number of thiophene rings is 1. The number of benzene rings is 1. The lowest BCUT2D eigenvalue weighted by Crippen LogP contribution is -2.11. The number of pyridine rings is 2. The first-order chi connectivity index (χ1) is 17.1. The van der Waals surface area contributed by atoms with Crippen molar-refractivity contribution < 1.29 is 4.39 Å². The molecule has 0 amide bonds. The van der Waals surface area contributed by atoms with Gasteiger partial charge in [-0.3, -0.25) is 10.1 Å². The molecule has 0 atom stereocenters. The number of halogens is 1. The highest BCUT2D eigenvalue weighted by atomic mass is 32.1. The summed E-state index contributed by atoms with van der Waals surface area (Å²) in [5.41, 5.74) is 5.90. The molecule has 1 aromatic carbocycles. The average Bonchev–Trinajstić information content (AvgIpc) is 3.59. The Morgan fingerprint density at radius 2 is 2.00 bits per heavy atom. The average molecular weight is 484 g/mol. The first-order valence-corrected chi connectivity index (χ1v) is 12.2. The van der Waals surface area contributed by atoms with Gasteiger partial charge in [0.1, 0.15) is 11.5 Å². The van der Waals surface area contributed by atoms with E-state index in [-0.39, 0.29) is 5.82 Å². The molecule has 0 aliphatic heterocycles. The first-order valence-electron chi connectivity index (χ1n) is 11.3. The summed E-state index contributed by atoms with van der Waals surface area (Å²) in [4.78, 5) is 19.3. The zero-order chi connectivity index (χ0) is 23.9. The van der Waals surface area contributed by atoms with E-state index in [0.717, 1.165) is 33.5 Å². The van der Waals surface area contributed by atoms with Crippen LogP contribution in [-0.4, -0.2) is 36.7 Å². The highest BCUT2D eigenvalue weighted by Gasteiger charge is 2.18. The smallest absolute Gasteiger partial charge is 0.178 e. The fourth-order valence-electron chi connectivity index (χ4n) is 4.25. The largest absolute Gasteiger partial charge is 0.335 e. The van der Waals surface area contributed by atoms with Crippen LogP contribution in [0.1, 0.15) is 17.4 Å². The van der Waals surface area contributed by atoms with Gasteiger partial charge >= 0.3 is 0 Å². The minimum atomic E-state index is -0.336. The Hall–Kier alpha value is -3.95. The lowest BCUT2D eigenvalue weighted by atomic mass is 10.0. The van der Waals surface area contributed by atoms with Gasteiger partial charge in [-0.05, 0) is 49.4 Å². The highest BCUT2D eigenvalue weighted by molar-refractivity contribution is 7.15. The van der Waals surface area contributed by atoms with Crippen LogP contribution in [0, 0.1) is 12.7 Å². The van der Waals surface area contributed by atoms with Gasteiger partial charge in [-0.25, -0.2) is 14.4 Å². The Balaban J connectivity index is 1.46. The maximum absolute atomic E-state index is 15.1. The minimum Gasteiger partial charge on any atom is -0.335 e. The number of aromatic nitrogens is 6. The molecule has 9 heteroatoms. The molecule has 6 aromatic rings. The van der Waals surface area contributed by atoms with Crippen LogP contribution in [0.4, 0.5) is 4.39 Å². The van der Waals surface area contributed by atoms with Gasteiger partial charge in [0.2, 0.25) is 0 Å². The fourth-order valence-corrected chi connectivity index (χ4v) is 5.15. The SMILES string of the molecule is CCNCc1cncc(-c2cc3c(-c4nc5nccc(-c6ccc(C)s6)c5[nH]4)n[nH]c3cc2F)c1. The topological polar surface area (TPSA) is 95.2 Å². The van der Waals surface area contributed by atoms with E-state index in [1.165, 1.54) is 10.9 Å².